The van der Waals surface area contributed by atoms with E-state index in [-0.39, 0.29) is 48.3 Å². The lowest BCUT2D eigenvalue weighted by Gasteiger charge is -2.39. The van der Waals surface area contributed by atoms with Crippen LogP contribution in [0.2, 0.25) is 18.6 Å². The molecule has 0 aromatic heterocycles. The molecule has 10 heteroatoms. The Hall–Kier alpha value is -4.25. The van der Waals surface area contributed by atoms with Crippen molar-refractivity contribution in [3.05, 3.63) is 96.1 Å². The summed E-state index contributed by atoms with van der Waals surface area (Å²) in [6.45, 7) is 11.9. The minimum atomic E-state index is -2.51. The smallest absolute Gasteiger partial charge is 0.264 e. The highest BCUT2D eigenvalue weighted by Crippen LogP contribution is 2.60. The summed E-state index contributed by atoms with van der Waals surface area (Å²) in [5.41, 5.74) is 3.00. The number of amides is 3. The van der Waals surface area contributed by atoms with Crippen LogP contribution in [0.1, 0.15) is 49.3 Å². The maximum atomic E-state index is 14.9. The van der Waals surface area contributed by atoms with Gasteiger partial charge >= 0.3 is 0 Å². The van der Waals surface area contributed by atoms with Crippen LogP contribution in [0.3, 0.4) is 0 Å². The molecule has 4 heterocycles. The van der Waals surface area contributed by atoms with Crippen LogP contribution in [0.4, 0.5) is 11.4 Å². The van der Waals surface area contributed by atoms with Crippen molar-refractivity contribution in [1.29, 1.82) is 0 Å². The minimum Gasteiger partial charge on any atom is -0.497 e. The Balaban J connectivity index is 1.32. The SMILES string of the molecule is C=CCN1C(=O)[C@@]2(O[C@@H](CC(=O)N3Cc4ccccc4C[C@H]3CO)[C@H]([Si](C)(C)c3ccc(OC)cc3)[C@H]2C)c2cc(N3CCCCC3=O)ccc21. The third-order valence-electron chi connectivity index (χ3n) is 12.0. The van der Waals surface area contributed by atoms with Crippen molar-refractivity contribution >= 4 is 42.4 Å². The van der Waals surface area contributed by atoms with E-state index in [9.17, 15) is 19.5 Å². The van der Waals surface area contributed by atoms with Crippen molar-refractivity contribution in [2.75, 3.05) is 36.6 Å². The normalized spacial score (nSPS) is 26.0. The number of aliphatic hydroxyl groups excluding tert-OH is 1. The van der Waals surface area contributed by atoms with Crippen molar-refractivity contribution in [1.82, 2.24) is 4.90 Å². The van der Waals surface area contributed by atoms with Crippen LogP contribution in [0.25, 0.3) is 0 Å². The second-order valence-electron chi connectivity index (χ2n) is 15.1. The van der Waals surface area contributed by atoms with Crippen LogP contribution < -0.4 is 19.7 Å². The average molecular weight is 708 g/mol. The van der Waals surface area contributed by atoms with E-state index >= 15 is 0 Å². The van der Waals surface area contributed by atoms with Gasteiger partial charge in [-0.3, -0.25) is 14.4 Å². The third kappa shape index (κ3) is 5.81. The maximum absolute atomic E-state index is 14.9. The van der Waals surface area contributed by atoms with Crippen LogP contribution in [0, 0.1) is 5.92 Å². The van der Waals surface area contributed by atoms with Gasteiger partial charge in [-0.25, -0.2) is 0 Å². The molecular formula is C41H49N3O6Si. The molecule has 7 rings (SSSR count). The predicted octanol–water partition coefficient (Wildman–Crippen LogP) is 5.30. The van der Waals surface area contributed by atoms with E-state index in [2.05, 4.69) is 44.8 Å². The van der Waals surface area contributed by atoms with E-state index in [1.54, 1.807) is 23.0 Å². The summed E-state index contributed by atoms with van der Waals surface area (Å²) in [4.78, 5) is 47.9. The monoisotopic (exact) mass is 707 g/mol. The van der Waals surface area contributed by atoms with Gasteiger partial charge in [0, 0.05) is 43.2 Å². The van der Waals surface area contributed by atoms with Gasteiger partial charge in [-0.15, -0.1) is 6.58 Å². The van der Waals surface area contributed by atoms with Gasteiger partial charge in [-0.05, 0) is 66.3 Å². The number of aliphatic hydroxyl groups is 1. The summed E-state index contributed by atoms with van der Waals surface area (Å²) in [7, 11) is -0.854. The molecule has 3 aromatic rings. The molecule has 5 atom stereocenters. The molecule has 3 amide bonds. The first kappa shape index (κ1) is 35.2. The van der Waals surface area contributed by atoms with E-state index in [0.717, 1.165) is 46.7 Å². The number of hydrogen-bond donors (Lipinski definition) is 1. The maximum Gasteiger partial charge on any atom is 0.264 e. The molecule has 268 valence electrons. The summed E-state index contributed by atoms with van der Waals surface area (Å²) in [5, 5.41) is 11.6. The fourth-order valence-corrected chi connectivity index (χ4v) is 13.4. The molecule has 2 fully saturated rings. The van der Waals surface area contributed by atoms with Gasteiger partial charge in [0.15, 0.2) is 5.60 Å². The van der Waals surface area contributed by atoms with Gasteiger partial charge in [0.1, 0.15) is 5.75 Å². The topological polar surface area (TPSA) is 99.6 Å². The van der Waals surface area contributed by atoms with E-state index in [0.29, 0.717) is 32.5 Å². The number of carbonyl (C=O) groups is 3. The summed E-state index contributed by atoms with van der Waals surface area (Å²) >= 11 is 0. The molecule has 0 unspecified atom stereocenters. The first-order chi connectivity index (χ1) is 24.5. The van der Waals surface area contributed by atoms with Gasteiger partial charge in [0.25, 0.3) is 5.91 Å². The van der Waals surface area contributed by atoms with Crippen LogP contribution in [0.15, 0.2) is 79.4 Å². The van der Waals surface area contributed by atoms with Crippen molar-refractivity contribution < 1.29 is 29.0 Å². The third-order valence-corrected chi connectivity index (χ3v) is 16.4. The minimum absolute atomic E-state index is 0.0797. The molecule has 9 nitrogen and oxygen atoms in total. The fourth-order valence-electron chi connectivity index (χ4n) is 9.39. The van der Waals surface area contributed by atoms with E-state index in [1.807, 2.05) is 53.4 Å². The van der Waals surface area contributed by atoms with Gasteiger partial charge in [-0.2, -0.15) is 0 Å². The average Bonchev–Trinajstić information content (AvgIpc) is 3.57. The Morgan fingerprint density at radius 2 is 1.82 bits per heavy atom. The molecule has 1 spiro atoms. The highest BCUT2D eigenvalue weighted by atomic mass is 28.3. The first-order valence-corrected chi connectivity index (χ1v) is 21.3. The Morgan fingerprint density at radius 1 is 1.08 bits per heavy atom. The number of fused-ring (bicyclic) bond motifs is 3. The fraction of sp³-hybridized carbons (Fsp3) is 0.439. The first-order valence-electron chi connectivity index (χ1n) is 18.2. The number of piperidine rings is 1. The van der Waals surface area contributed by atoms with E-state index in [1.165, 1.54) is 5.19 Å². The molecule has 2 saturated heterocycles. The van der Waals surface area contributed by atoms with Gasteiger partial charge in [-0.1, -0.05) is 67.7 Å². The largest absolute Gasteiger partial charge is 0.497 e. The summed E-state index contributed by atoms with van der Waals surface area (Å²) < 4.78 is 12.7. The van der Waals surface area contributed by atoms with Crippen LogP contribution in [-0.2, 0) is 37.7 Å². The zero-order valence-electron chi connectivity index (χ0n) is 30.1. The van der Waals surface area contributed by atoms with Crippen molar-refractivity contribution in [3.63, 3.8) is 0 Å². The molecule has 0 aliphatic carbocycles. The zero-order valence-corrected chi connectivity index (χ0v) is 31.1. The van der Waals surface area contributed by atoms with Crippen molar-refractivity contribution in [2.24, 2.45) is 5.92 Å². The van der Waals surface area contributed by atoms with Gasteiger partial charge < -0.3 is 29.3 Å². The second-order valence-corrected chi connectivity index (χ2v) is 19.8. The molecule has 3 aromatic carbocycles. The molecule has 51 heavy (non-hydrogen) atoms. The quantitative estimate of drug-likeness (QED) is 0.240. The number of ether oxygens (including phenoxy) is 2. The highest BCUT2D eigenvalue weighted by molar-refractivity contribution is 6.91. The van der Waals surface area contributed by atoms with Crippen molar-refractivity contribution in [3.8, 4) is 5.75 Å². The Morgan fingerprint density at radius 3 is 2.51 bits per heavy atom. The lowest BCUT2D eigenvalue weighted by Crippen LogP contribution is -2.52. The molecule has 0 radical (unpaired) electrons. The standard InChI is InChI=1S/C41H49N3O6Si/c1-6-20-43-35-19-14-30(42-21-10-9-13-37(42)46)23-34(35)41(40(43)48)27(2)39(51(4,5)33-17-15-32(49-3)16-18-33)36(50-41)24-38(47)44-25-29-12-8-7-11-28(29)22-31(44)26-45/h6-8,11-12,14-19,23,27,31,36,39,45H,1,9-10,13,20-22,24-26H2,2-5H3/t27-,31+,36+,39-,41+/m1/s1. The zero-order chi connectivity index (χ0) is 36.1. The summed E-state index contributed by atoms with van der Waals surface area (Å²) in [5.74, 6) is 0.292. The number of nitrogens with zero attached hydrogens (tertiary/aromatic N) is 3. The van der Waals surface area contributed by atoms with Crippen LogP contribution >= 0.6 is 0 Å². The van der Waals surface area contributed by atoms with Gasteiger partial charge in [0.05, 0.1) is 46.0 Å². The van der Waals surface area contributed by atoms with Crippen molar-refractivity contribution in [2.45, 2.75) is 82.0 Å². The highest BCUT2D eigenvalue weighted by Gasteiger charge is 2.66. The Labute approximate surface area is 301 Å². The lowest BCUT2D eigenvalue weighted by atomic mass is 9.82. The Bertz CT molecular complexity index is 1840. The predicted molar refractivity (Wildman–Crippen MR) is 201 cm³/mol. The van der Waals surface area contributed by atoms with Gasteiger partial charge in [0.2, 0.25) is 11.8 Å². The van der Waals surface area contributed by atoms with E-state index in [4.69, 9.17) is 9.47 Å². The second kappa shape index (κ2) is 13.7. The molecule has 1 N–H and O–H groups in total. The Kier molecular flexibility index (Phi) is 9.45. The molecular weight excluding hydrogens is 659 g/mol. The molecule has 4 aliphatic heterocycles. The van der Waals surface area contributed by atoms with Crippen LogP contribution in [0.5, 0.6) is 5.75 Å². The number of rotatable bonds is 9. The van der Waals surface area contributed by atoms with E-state index < -0.39 is 19.8 Å². The number of carbonyl (C=O) groups excluding carboxylic acids is 3. The summed E-state index contributed by atoms with van der Waals surface area (Å²) in [6, 6.07) is 21.8. The summed E-state index contributed by atoms with van der Waals surface area (Å²) in [6.07, 6.45) is 4.11. The molecule has 4 aliphatic rings. The molecule has 0 bridgehead atoms. The van der Waals surface area contributed by atoms with Crippen LogP contribution in [-0.4, -0.2) is 74.8 Å². The number of anilines is 2. The number of benzene rings is 3. The number of hydrogen-bond acceptors (Lipinski definition) is 6. The molecule has 0 saturated carbocycles. The number of methoxy groups -OCH3 is 1. The lowest BCUT2D eigenvalue weighted by molar-refractivity contribution is -0.150.